The van der Waals surface area contributed by atoms with Crippen LogP contribution in [0.2, 0.25) is 5.02 Å². The molecule has 1 aromatic heterocycles. The van der Waals surface area contributed by atoms with E-state index in [4.69, 9.17) is 11.6 Å². The smallest absolute Gasteiger partial charge is 0.125 e. The van der Waals surface area contributed by atoms with Crippen LogP contribution < -0.4 is 5.32 Å². The lowest BCUT2D eigenvalue weighted by Crippen LogP contribution is -2.23. The Morgan fingerprint density at radius 1 is 1.42 bits per heavy atom. The Bertz CT molecular complexity index is 536. The second-order valence-electron chi connectivity index (χ2n) is 4.42. The molecule has 0 aliphatic rings. The summed E-state index contributed by atoms with van der Waals surface area (Å²) in [5, 5.41) is 6.74. The quantitative estimate of drug-likeness (QED) is 0.888. The van der Waals surface area contributed by atoms with Gasteiger partial charge >= 0.3 is 0 Å². The molecule has 0 saturated carbocycles. The molecule has 5 heteroatoms. The maximum absolute atomic E-state index is 13.5. The average Bonchev–Trinajstić information content (AvgIpc) is 2.75. The van der Waals surface area contributed by atoms with Gasteiger partial charge in [0, 0.05) is 16.1 Å². The van der Waals surface area contributed by atoms with E-state index < -0.39 is 0 Å². The largest absolute Gasteiger partial charge is 0.304 e. The Labute approximate surface area is 121 Å². The molecule has 102 valence electrons. The first-order valence-electron chi connectivity index (χ1n) is 6.21. The van der Waals surface area contributed by atoms with Crippen molar-refractivity contribution < 1.29 is 4.39 Å². The first-order chi connectivity index (χ1) is 9.10. The van der Waals surface area contributed by atoms with Crippen molar-refractivity contribution in [3.8, 4) is 0 Å². The number of thiazole rings is 1. The van der Waals surface area contributed by atoms with Gasteiger partial charge in [-0.3, -0.25) is 0 Å². The van der Waals surface area contributed by atoms with Gasteiger partial charge in [-0.25, -0.2) is 9.37 Å². The third-order valence-electron chi connectivity index (χ3n) is 2.70. The summed E-state index contributed by atoms with van der Waals surface area (Å²) in [4.78, 5) is 4.49. The predicted octanol–water partition coefficient (Wildman–Crippen LogP) is 4.33. The van der Waals surface area contributed by atoms with Crippen LogP contribution in [0.25, 0.3) is 0 Å². The van der Waals surface area contributed by atoms with E-state index in [-0.39, 0.29) is 11.9 Å². The molecule has 0 bridgehead atoms. The van der Waals surface area contributed by atoms with Crippen LogP contribution in [0, 0.1) is 12.7 Å². The van der Waals surface area contributed by atoms with E-state index in [1.165, 1.54) is 12.1 Å². The third kappa shape index (κ3) is 3.75. The molecule has 1 atom stereocenters. The normalized spacial score (nSPS) is 12.6. The molecule has 19 heavy (non-hydrogen) atoms. The number of nitrogens with zero attached hydrogens (tertiary/aromatic N) is 1. The molecule has 2 rings (SSSR count). The Balaban J connectivity index is 2.36. The monoisotopic (exact) mass is 298 g/mol. The molecule has 0 spiro atoms. The molecule has 0 saturated heterocycles. The lowest BCUT2D eigenvalue weighted by molar-refractivity contribution is 0.583. The van der Waals surface area contributed by atoms with Gasteiger partial charge in [-0.2, -0.15) is 0 Å². The number of aryl methyl sites for hydroxylation is 1. The number of rotatable bonds is 5. The highest BCUT2D eigenvalue weighted by Gasteiger charge is 2.18. The molecule has 0 fully saturated rings. The van der Waals surface area contributed by atoms with Gasteiger partial charge in [0.2, 0.25) is 0 Å². The minimum Gasteiger partial charge on any atom is -0.304 e. The Hall–Kier alpha value is -0.970. The fourth-order valence-electron chi connectivity index (χ4n) is 1.88. The summed E-state index contributed by atoms with van der Waals surface area (Å²) < 4.78 is 13.5. The number of aromatic nitrogens is 1. The number of hydrogen-bond acceptors (Lipinski definition) is 3. The molecular formula is C14H16ClFN2S. The lowest BCUT2D eigenvalue weighted by atomic mass is 10.1. The summed E-state index contributed by atoms with van der Waals surface area (Å²) in [6.45, 7) is 4.89. The molecule has 2 nitrogen and oxygen atoms in total. The Kier molecular flexibility index (Phi) is 4.91. The van der Waals surface area contributed by atoms with Crippen LogP contribution in [-0.2, 0) is 0 Å². The summed E-state index contributed by atoms with van der Waals surface area (Å²) in [7, 11) is 0. The number of benzene rings is 1. The van der Waals surface area contributed by atoms with E-state index in [0.717, 1.165) is 29.2 Å². The van der Waals surface area contributed by atoms with Crippen molar-refractivity contribution in [3.05, 3.63) is 50.7 Å². The van der Waals surface area contributed by atoms with E-state index in [0.29, 0.717) is 5.02 Å². The number of nitrogens with one attached hydrogen (secondary N) is 1. The molecule has 1 heterocycles. The minimum absolute atomic E-state index is 0.105. The zero-order chi connectivity index (χ0) is 13.8. The van der Waals surface area contributed by atoms with Gasteiger partial charge in [0.25, 0.3) is 0 Å². The van der Waals surface area contributed by atoms with Gasteiger partial charge < -0.3 is 5.32 Å². The van der Waals surface area contributed by atoms with Gasteiger partial charge in [-0.15, -0.1) is 11.3 Å². The maximum Gasteiger partial charge on any atom is 0.125 e. The zero-order valence-corrected chi connectivity index (χ0v) is 12.5. The molecule has 0 aliphatic heterocycles. The Morgan fingerprint density at radius 2 is 2.21 bits per heavy atom. The number of hydrogen-bond donors (Lipinski definition) is 1. The van der Waals surface area contributed by atoms with Crippen molar-refractivity contribution in [2.45, 2.75) is 26.3 Å². The molecule has 1 aromatic carbocycles. The SMILES string of the molecule is CCCNC(c1cc(F)cc(Cl)c1)c1nc(C)cs1. The van der Waals surface area contributed by atoms with Crippen molar-refractivity contribution in [2.75, 3.05) is 6.54 Å². The molecule has 0 aliphatic carbocycles. The van der Waals surface area contributed by atoms with Crippen molar-refractivity contribution in [1.82, 2.24) is 10.3 Å². The molecule has 1 unspecified atom stereocenters. The first-order valence-corrected chi connectivity index (χ1v) is 7.47. The van der Waals surface area contributed by atoms with E-state index in [2.05, 4.69) is 17.2 Å². The molecular weight excluding hydrogens is 283 g/mol. The van der Waals surface area contributed by atoms with Gasteiger partial charge in [-0.05, 0) is 43.7 Å². The van der Waals surface area contributed by atoms with Crippen LogP contribution in [0.4, 0.5) is 4.39 Å². The van der Waals surface area contributed by atoms with E-state index in [1.54, 1.807) is 17.4 Å². The van der Waals surface area contributed by atoms with Crippen molar-refractivity contribution in [3.63, 3.8) is 0 Å². The molecule has 1 N–H and O–H groups in total. The van der Waals surface area contributed by atoms with E-state index >= 15 is 0 Å². The van der Waals surface area contributed by atoms with Crippen molar-refractivity contribution in [1.29, 1.82) is 0 Å². The lowest BCUT2D eigenvalue weighted by Gasteiger charge is -2.17. The van der Waals surface area contributed by atoms with Crippen LogP contribution in [0.15, 0.2) is 23.6 Å². The van der Waals surface area contributed by atoms with Gasteiger partial charge in [0.1, 0.15) is 10.8 Å². The second kappa shape index (κ2) is 6.46. The summed E-state index contributed by atoms with van der Waals surface area (Å²) >= 11 is 7.51. The van der Waals surface area contributed by atoms with E-state index in [9.17, 15) is 4.39 Å². The Morgan fingerprint density at radius 3 is 2.79 bits per heavy atom. The zero-order valence-electron chi connectivity index (χ0n) is 10.9. The van der Waals surface area contributed by atoms with E-state index in [1.807, 2.05) is 12.3 Å². The van der Waals surface area contributed by atoms with Gasteiger partial charge in [-0.1, -0.05) is 18.5 Å². The predicted molar refractivity (Wildman–Crippen MR) is 78.4 cm³/mol. The standard InChI is InChI=1S/C14H16ClFN2S/c1-3-4-17-13(14-18-9(2)8-19-14)10-5-11(15)7-12(16)6-10/h5-8,13,17H,3-4H2,1-2H3. The van der Waals surface area contributed by atoms with Gasteiger partial charge in [0.15, 0.2) is 0 Å². The first kappa shape index (κ1) is 14.4. The third-order valence-corrected chi connectivity index (χ3v) is 3.95. The summed E-state index contributed by atoms with van der Waals surface area (Å²) in [6, 6.07) is 4.51. The van der Waals surface area contributed by atoms with Crippen LogP contribution >= 0.6 is 22.9 Å². The highest BCUT2D eigenvalue weighted by molar-refractivity contribution is 7.09. The summed E-state index contributed by atoms with van der Waals surface area (Å²) in [5.74, 6) is -0.320. The molecule has 0 amide bonds. The average molecular weight is 299 g/mol. The second-order valence-corrected chi connectivity index (χ2v) is 5.74. The molecule has 2 aromatic rings. The molecule has 0 radical (unpaired) electrons. The topological polar surface area (TPSA) is 24.9 Å². The van der Waals surface area contributed by atoms with Crippen LogP contribution in [-0.4, -0.2) is 11.5 Å². The summed E-state index contributed by atoms with van der Waals surface area (Å²) in [6.07, 6.45) is 1.00. The van der Waals surface area contributed by atoms with Crippen molar-refractivity contribution >= 4 is 22.9 Å². The van der Waals surface area contributed by atoms with Crippen LogP contribution in [0.5, 0.6) is 0 Å². The van der Waals surface area contributed by atoms with Crippen LogP contribution in [0.3, 0.4) is 0 Å². The summed E-state index contributed by atoms with van der Waals surface area (Å²) in [5.41, 5.74) is 1.79. The van der Waals surface area contributed by atoms with Crippen molar-refractivity contribution in [2.24, 2.45) is 0 Å². The highest BCUT2D eigenvalue weighted by Crippen LogP contribution is 2.27. The number of halogens is 2. The fourth-order valence-corrected chi connectivity index (χ4v) is 3.01. The van der Waals surface area contributed by atoms with Gasteiger partial charge in [0.05, 0.1) is 6.04 Å². The minimum atomic E-state index is -0.320. The van der Waals surface area contributed by atoms with Crippen LogP contribution in [0.1, 0.15) is 35.7 Å². The highest BCUT2D eigenvalue weighted by atomic mass is 35.5. The maximum atomic E-state index is 13.5. The fraction of sp³-hybridized carbons (Fsp3) is 0.357.